The summed E-state index contributed by atoms with van der Waals surface area (Å²) in [5.41, 5.74) is 16.9. The fourth-order valence-electron chi connectivity index (χ4n) is 8.82. The van der Waals surface area contributed by atoms with Crippen molar-refractivity contribution >= 4 is 11.8 Å². The van der Waals surface area contributed by atoms with Crippen LogP contribution in [0.15, 0.2) is 53.8 Å². The number of tetrazole rings is 1. The minimum absolute atomic E-state index is 0.0106. The summed E-state index contributed by atoms with van der Waals surface area (Å²) in [4.78, 5) is 28.0. The van der Waals surface area contributed by atoms with Gasteiger partial charge in [0.2, 0.25) is 11.8 Å². The van der Waals surface area contributed by atoms with Crippen LogP contribution >= 0.6 is 0 Å². The normalized spacial score (nSPS) is 24.4. The number of allylic oxidation sites excluding steroid dienone is 3. The summed E-state index contributed by atoms with van der Waals surface area (Å²) in [6.45, 7) is 20.0. The molecule has 2 fully saturated rings. The van der Waals surface area contributed by atoms with E-state index in [9.17, 15) is 14.9 Å². The van der Waals surface area contributed by atoms with Gasteiger partial charge in [-0.1, -0.05) is 95.9 Å². The molecule has 7 atom stereocenters. The van der Waals surface area contributed by atoms with Crippen molar-refractivity contribution in [2.45, 2.75) is 136 Å². The Labute approximate surface area is 310 Å². The lowest BCUT2D eigenvalue weighted by Gasteiger charge is -2.39. The predicted molar refractivity (Wildman–Crippen MR) is 206 cm³/mol. The number of amides is 2. The molecule has 1 aromatic carbocycles. The fourth-order valence-corrected chi connectivity index (χ4v) is 8.82. The molecule has 52 heavy (non-hydrogen) atoms. The van der Waals surface area contributed by atoms with Gasteiger partial charge in [-0.3, -0.25) is 9.59 Å². The van der Waals surface area contributed by atoms with Crippen LogP contribution in [0.2, 0.25) is 0 Å². The largest absolute Gasteiger partial charge is 0.399 e. The molecule has 1 saturated heterocycles. The SMILES string of the molecule is C=C(C)C(=C)N.CCCCC(CC)CC(CC1(c2nn[nH]n2)C(CC)=C(CC)CCc2cc(C(N)=O)ccc21)NCC(=O)N1C(C#N)CC2C1[C@H]2C. The van der Waals surface area contributed by atoms with E-state index in [4.69, 9.17) is 11.5 Å². The first-order chi connectivity index (χ1) is 24.9. The first-order valence-corrected chi connectivity index (χ1v) is 19.3. The number of aromatic amines is 1. The Morgan fingerprint density at radius 2 is 1.90 bits per heavy atom. The number of carbonyl (C=O) groups excluding carboxylic acids is 2. The van der Waals surface area contributed by atoms with Crippen LogP contribution in [0.1, 0.15) is 133 Å². The molecule has 2 heterocycles. The number of carbonyl (C=O) groups is 2. The van der Waals surface area contributed by atoms with E-state index in [1.54, 1.807) is 0 Å². The summed E-state index contributed by atoms with van der Waals surface area (Å²) in [5.74, 6) is 1.58. The number of primary amides is 1. The van der Waals surface area contributed by atoms with Crippen LogP contribution in [0, 0.1) is 29.1 Å². The molecule has 6 unspecified atom stereocenters. The number of nitriles is 1. The number of nitrogens with two attached hydrogens (primary N) is 2. The summed E-state index contributed by atoms with van der Waals surface area (Å²) in [6, 6.07) is 8.01. The second kappa shape index (κ2) is 18.0. The number of likely N-dealkylation sites (tertiary alicyclic amines) is 1. The zero-order valence-electron chi connectivity index (χ0n) is 32.3. The Kier molecular flexibility index (Phi) is 14.0. The maximum Gasteiger partial charge on any atom is 0.248 e. The van der Waals surface area contributed by atoms with E-state index in [0.29, 0.717) is 41.3 Å². The van der Waals surface area contributed by atoms with Crippen molar-refractivity contribution in [3.05, 3.63) is 76.3 Å². The van der Waals surface area contributed by atoms with Crippen molar-refractivity contribution in [3.8, 4) is 6.07 Å². The zero-order chi connectivity index (χ0) is 38.2. The smallest absolute Gasteiger partial charge is 0.248 e. The second-order valence-corrected chi connectivity index (χ2v) is 15.1. The number of hydrogen-bond donors (Lipinski definition) is 4. The molecule has 3 aliphatic rings. The maximum absolute atomic E-state index is 13.8. The van der Waals surface area contributed by atoms with Gasteiger partial charge in [-0.15, -0.1) is 10.2 Å². The topological polar surface area (TPSA) is 180 Å². The van der Waals surface area contributed by atoms with Gasteiger partial charge in [0.15, 0.2) is 5.82 Å². The molecule has 1 aromatic heterocycles. The van der Waals surface area contributed by atoms with Crippen molar-refractivity contribution in [2.75, 3.05) is 6.54 Å². The first-order valence-electron chi connectivity index (χ1n) is 19.3. The van der Waals surface area contributed by atoms with E-state index in [0.717, 1.165) is 80.9 Å². The third-order valence-electron chi connectivity index (χ3n) is 11.9. The third-order valence-corrected chi connectivity index (χ3v) is 11.9. The number of aryl methyl sites for hydroxylation is 1. The van der Waals surface area contributed by atoms with Crippen molar-refractivity contribution in [1.29, 1.82) is 5.26 Å². The molecule has 282 valence electrons. The number of hydrogen-bond acceptors (Lipinski definition) is 8. The quantitative estimate of drug-likeness (QED) is 0.114. The second-order valence-electron chi connectivity index (χ2n) is 15.1. The average Bonchev–Trinajstić information content (AvgIpc) is 3.47. The zero-order valence-corrected chi connectivity index (χ0v) is 32.3. The van der Waals surface area contributed by atoms with Crippen LogP contribution in [-0.2, 0) is 16.6 Å². The molecule has 5 rings (SSSR count). The monoisotopic (exact) mass is 711 g/mol. The minimum Gasteiger partial charge on any atom is -0.399 e. The van der Waals surface area contributed by atoms with Gasteiger partial charge in [0.25, 0.3) is 0 Å². The van der Waals surface area contributed by atoms with E-state index in [1.807, 2.05) is 30.0 Å². The molecular weight excluding hydrogens is 651 g/mol. The summed E-state index contributed by atoms with van der Waals surface area (Å²) < 4.78 is 0. The van der Waals surface area contributed by atoms with Crippen LogP contribution in [0.3, 0.4) is 0 Å². The van der Waals surface area contributed by atoms with E-state index in [2.05, 4.69) is 79.8 Å². The Balaban J connectivity index is 0.000000929. The predicted octanol–water partition coefficient (Wildman–Crippen LogP) is 6.40. The highest BCUT2D eigenvalue weighted by Crippen LogP contribution is 2.53. The summed E-state index contributed by atoms with van der Waals surface area (Å²) in [6.07, 6.45) is 10.2. The van der Waals surface area contributed by atoms with Gasteiger partial charge in [-0.05, 0) is 98.5 Å². The highest BCUT2D eigenvalue weighted by molar-refractivity contribution is 5.93. The number of benzene rings is 1. The van der Waals surface area contributed by atoms with Crippen molar-refractivity contribution in [2.24, 2.45) is 29.2 Å². The number of nitrogens with zero attached hydrogens (tertiary/aromatic N) is 5. The highest BCUT2D eigenvalue weighted by Gasteiger charge is 2.60. The molecule has 2 aliphatic carbocycles. The average molecular weight is 712 g/mol. The van der Waals surface area contributed by atoms with Gasteiger partial charge in [0, 0.05) is 23.3 Å². The van der Waals surface area contributed by atoms with Crippen LogP contribution < -0.4 is 16.8 Å². The number of fused-ring (bicyclic) bond motifs is 2. The third kappa shape index (κ3) is 8.66. The van der Waals surface area contributed by atoms with Gasteiger partial charge in [-0.25, -0.2) is 0 Å². The maximum atomic E-state index is 13.8. The van der Waals surface area contributed by atoms with Crippen molar-refractivity contribution < 1.29 is 9.59 Å². The minimum atomic E-state index is -0.711. The van der Waals surface area contributed by atoms with E-state index < -0.39 is 11.3 Å². The molecule has 2 aromatic rings. The van der Waals surface area contributed by atoms with E-state index >= 15 is 0 Å². The van der Waals surface area contributed by atoms with Crippen LogP contribution in [-0.4, -0.2) is 62.0 Å². The Morgan fingerprint density at radius 3 is 2.46 bits per heavy atom. The molecule has 0 bridgehead atoms. The number of unbranched alkanes of at least 4 members (excludes halogenated alkanes) is 1. The number of aromatic nitrogens is 4. The fraction of sp³-hybridized carbons (Fsp3) is 0.610. The van der Waals surface area contributed by atoms with Crippen LogP contribution in [0.4, 0.5) is 0 Å². The van der Waals surface area contributed by atoms with E-state index in [-0.39, 0.29) is 30.6 Å². The molecule has 0 radical (unpaired) electrons. The van der Waals surface area contributed by atoms with Crippen molar-refractivity contribution in [1.82, 2.24) is 30.8 Å². The lowest BCUT2D eigenvalue weighted by atomic mass is 9.65. The van der Waals surface area contributed by atoms with Gasteiger partial charge >= 0.3 is 0 Å². The molecule has 11 nitrogen and oxygen atoms in total. The first kappa shape index (κ1) is 40.5. The summed E-state index contributed by atoms with van der Waals surface area (Å²) in [7, 11) is 0. The Bertz CT molecular complexity index is 1650. The number of rotatable bonds is 16. The van der Waals surface area contributed by atoms with Crippen molar-refractivity contribution in [3.63, 3.8) is 0 Å². The van der Waals surface area contributed by atoms with Crippen LogP contribution in [0.5, 0.6) is 0 Å². The van der Waals surface area contributed by atoms with E-state index in [1.165, 1.54) is 11.1 Å². The molecular formula is C41H61N9O2. The summed E-state index contributed by atoms with van der Waals surface area (Å²) >= 11 is 0. The molecule has 6 N–H and O–H groups in total. The lowest BCUT2D eigenvalue weighted by Crippen LogP contribution is -2.48. The summed E-state index contributed by atoms with van der Waals surface area (Å²) in [5, 5.41) is 29.7. The molecule has 1 aliphatic heterocycles. The van der Waals surface area contributed by atoms with Gasteiger partial charge in [0.1, 0.15) is 6.04 Å². The number of piperidine rings is 1. The van der Waals surface area contributed by atoms with Crippen LogP contribution in [0.25, 0.3) is 0 Å². The van der Waals surface area contributed by atoms with Gasteiger partial charge < -0.3 is 21.7 Å². The molecule has 0 spiro atoms. The Hall–Kier alpha value is -4.30. The van der Waals surface area contributed by atoms with Gasteiger partial charge in [0.05, 0.1) is 18.0 Å². The molecule has 11 heteroatoms. The standard InChI is InChI=1S/C36H52N8O2.C5H9N/c1-6-10-11-23(7-2)16-27(39-21-32(45)44-28(20-37)18-29-22(5)33(29)44)19-36(35-40-42-43-41-35)30(9-4)24(8-3)12-13-25-17-26(34(38)46)14-15-31(25)36;1-4(2)5(3)6/h14-15,17,22-23,27-29,33,39H,6-13,16,18-19,21H2,1-5H3,(H2,38,46)(H,40,41,42,43);1,3,6H2,2H3/t22-,23?,27?,28?,29?,33?,36?;/m0./s1. The van der Waals surface area contributed by atoms with Gasteiger partial charge in [-0.2, -0.15) is 10.5 Å². The molecule has 2 amide bonds. The highest BCUT2D eigenvalue weighted by atomic mass is 16.2. The number of H-pyrrole nitrogens is 1. The number of nitrogens with one attached hydrogen (secondary N) is 2. The lowest BCUT2D eigenvalue weighted by molar-refractivity contribution is -0.131. The Morgan fingerprint density at radius 1 is 1.17 bits per heavy atom. The molecule has 1 saturated carbocycles.